The zero-order chi connectivity index (χ0) is 18.8. The normalized spacial score (nSPS) is 11.0. The van der Waals surface area contributed by atoms with Gasteiger partial charge in [0.25, 0.3) is 0 Å². The standard InChI is InChI=1S/C19H15Cl3N2O2/c1-11(2)16-10-18(24(23-16)17-6-4-3-5-14(17)21)26-19(25)12-7-8-13(20)15(22)9-12/h3-11H,1-2H3. The van der Waals surface area contributed by atoms with E-state index in [9.17, 15) is 4.79 Å². The van der Waals surface area contributed by atoms with Crippen LogP contribution >= 0.6 is 34.8 Å². The van der Waals surface area contributed by atoms with E-state index in [0.717, 1.165) is 5.69 Å². The van der Waals surface area contributed by atoms with E-state index in [2.05, 4.69) is 5.10 Å². The molecular formula is C19H15Cl3N2O2. The summed E-state index contributed by atoms with van der Waals surface area (Å²) in [7, 11) is 0. The van der Waals surface area contributed by atoms with Crippen LogP contribution in [0.15, 0.2) is 48.5 Å². The molecular weight excluding hydrogens is 395 g/mol. The zero-order valence-electron chi connectivity index (χ0n) is 14.0. The first-order chi connectivity index (χ1) is 12.4. The molecule has 0 amide bonds. The third kappa shape index (κ3) is 3.88. The van der Waals surface area contributed by atoms with Crippen molar-refractivity contribution in [2.24, 2.45) is 0 Å². The molecule has 0 aliphatic heterocycles. The summed E-state index contributed by atoms with van der Waals surface area (Å²) in [6, 6.07) is 13.5. The van der Waals surface area contributed by atoms with Crippen LogP contribution in [0.4, 0.5) is 0 Å². The predicted molar refractivity (Wildman–Crippen MR) is 104 cm³/mol. The SMILES string of the molecule is CC(C)c1cc(OC(=O)c2ccc(Cl)c(Cl)c2)n(-c2ccccc2Cl)n1. The Morgan fingerprint density at radius 1 is 1.00 bits per heavy atom. The molecule has 2 aromatic carbocycles. The number of rotatable bonds is 4. The first-order valence-corrected chi connectivity index (χ1v) is 9.02. The number of ether oxygens (including phenoxy) is 1. The summed E-state index contributed by atoms with van der Waals surface area (Å²) in [6.45, 7) is 4.01. The number of hydrogen-bond acceptors (Lipinski definition) is 3. The molecule has 26 heavy (non-hydrogen) atoms. The summed E-state index contributed by atoms with van der Waals surface area (Å²) in [6.07, 6.45) is 0. The van der Waals surface area contributed by atoms with Crippen LogP contribution in [0.2, 0.25) is 15.1 Å². The van der Waals surface area contributed by atoms with Gasteiger partial charge >= 0.3 is 5.97 Å². The number of para-hydroxylation sites is 1. The van der Waals surface area contributed by atoms with Gasteiger partial charge in [-0.2, -0.15) is 9.78 Å². The average molecular weight is 410 g/mol. The molecule has 0 N–H and O–H groups in total. The van der Waals surface area contributed by atoms with Gasteiger partial charge in [-0.1, -0.05) is 60.8 Å². The molecule has 7 heteroatoms. The summed E-state index contributed by atoms with van der Waals surface area (Å²) in [5.74, 6) is -0.133. The van der Waals surface area contributed by atoms with Gasteiger partial charge in [-0.25, -0.2) is 4.79 Å². The number of halogens is 3. The highest BCUT2D eigenvalue weighted by Gasteiger charge is 2.19. The quantitative estimate of drug-likeness (QED) is 0.484. The van der Waals surface area contributed by atoms with E-state index < -0.39 is 5.97 Å². The molecule has 0 fully saturated rings. The maximum atomic E-state index is 12.5. The van der Waals surface area contributed by atoms with Crippen molar-refractivity contribution in [1.82, 2.24) is 9.78 Å². The molecule has 0 atom stereocenters. The van der Waals surface area contributed by atoms with Crippen LogP contribution in [-0.4, -0.2) is 15.7 Å². The van der Waals surface area contributed by atoms with Gasteiger partial charge in [-0.05, 0) is 36.2 Å². The lowest BCUT2D eigenvalue weighted by atomic mass is 10.1. The first kappa shape index (κ1) is 18.8. The molecule has 0 saturated carbocycles. The lowest BCUT2D eigenvalue weighted by Gasteiger charge is -2.09. The number of carbonyl (C=O) groups excluding carboxylic acids is 1. The minimum Gasteiger partial charge on any atom is -0.404 e. The fourth-order valence-electron chi connectivity index (χ4n) is 2.31. The summed E-state index contributed by atoms with van der Waals surface area (Å²) in [4.78, 5) is 12.5. The van der Waals surface area contributed by atoms with Crippen molar-refractivity contribution in [3.8, 4) is 11.6 Å². The molecule has 0 aliphatic rings. The Morgan fingerprint density at radius 3 is 2.38 bits per heavy atom. The second-order valence-electron chi connectivity index (χ2n) is 5.94. The van der Waals surface area contributed by atoms with Gasteiger partial charge in [0.15, 0.2) is 0 Å². The number of carbonyl (C=O) groups is 1. The maximum Gasteiger partial charge on any atom is 0.344 e. The van der Waals surface area contributed by atoms with Gasteiger partial charge in [0.1, 0.15) is 0 Å². The van der Waals surface area contributed by atoms with Crippen LogP contribution in [0, 0.1) is 0 Å². The van der Waals surface area contributed by atoms with Gasteiger partial charge in [0, 0.05) is 6.07 Å². The van der Waals surface area contributed by atoms with Crippen LogP contribution in [0.5, 0.6) is 5.88 Å². The molecule has 1 aromatic heterocycles. The van der Waals surface area contributed by atoms with Crippen molar-refractivity contribution in [3.05, 3.63) is 74.9 Å². The molecule has 0 saturated heterocycles. The van der Waals surface area contributed by atoms with E-state index in [-0.39, 0.29) is 22.4 Å². The molecule has 3 rings (SSSR count). The van der Waals surface area contributed by atoms with Crippen molar-refractivity contribution < 1.29 is 9.53 Å². The number of aromatic nitrogens is 2. The largest absolute Gasteiger partial charge is 0.404 e. The molecule has 0 radical (unpaired) electrons. The Hall–Kier alpha value is -2.01. The number of esters is 1. The Bertz CT molecular complexity index is 967. The Balaban J connectivity index is 2.00. The van der Waals surface area contributed by atoms with Gasteiger partial charge in [-0.3, -0.25) is 0 Å². The lowest BCUT2D eigenvalue weighted by Crippen LogP contribution is -2.12. The summed E-state index contributed by atoms with van der Waals surface area (Å²) in [5.41, 5.74) is 1.69. The van der Waals surface area contributed by atoms with Crippen LogP contribution in [-0.2, 0) is 0 Å². The molecule has 134 valence electrons. The molecule has 0 bridgehead atoms. The molecule has 3 aromatic rings. The highest BCUT2D eigenvalue weighted by Crippen LogP contribution is 2.29. The van der Waals surface area contributed by atoms with Crippen LogP contribution in [0.3, 0.4) is 0 Å². The fourth-order valence-corrected chi connectivity index (χ4v) is 2.82. The van der Waals surface area contributed by atoms with E-state index in [0.29, 0.717) is 15.7 Å². The van der Waals surface area contributed by atoms with Crippen molar-refractivity contribution in [3.63, 3.8) is 0 Å². The summed E-state index contributed by atoms with van der Waals surface area (Å²) in [5, 5.41) is 5.67. The first-order valence-electron chi connectivity index (χ1n) is 7.89. The van der Waals surface area contributed by atoms with Crippen molar-refractivity contribution in [2.45, 2.75) is 19.8 Å². The lowest BCUT2D eigenvalue weighted by molar-refractivity contribution is 0.0723. The average Bonchev–Trinajstić information content (AvgIpc) is 3.01. The number of hydrogen-bond donors (Lipinski definition) is 0. The second-order valence-corrected chi connectivity index (χ2v) is 7.17. The Morgan fingerprint density at radius 2 is 1.73 bits per heavy atom. The van der Waals surface area contributed by atoms with Crippen molar-refractivity contribution in [2.75, 3.05) is 0 Å². The van der Waals surface area contributed by atoms with E-state index in [1.165, 1.54) is 10.7 Å². The minimum atomic E-state index is -0.563. The van der Waals surface area contributed by atoms with E-state index in [1.807, 2.05) is 26.0 Å². The van der Waals surface area contributed by atoms with Crippen molar-refractivity contribution >= 4 is 40.8 Å². The van der Waals surface area contributed by atoms with E-state index in [4.69, 9.17) is 39.5 Å². The third-order valence-electron chi connectivity index (χ3n) is 3.72. The topological polar surface area (TPSA) is 44.1 Å². The molecule has 4 nitrogen and oxygen atoms in total. The van der Waals surface area contributed by atoms with E-state index in [1.54, 1.807) is 30.3 Å². The smallest absolute Gasteiger partial charge is 0.344 e. The van der Waals surface area contributed by atoms with E-state index >= 15 is 0 Å². The molecule has 1 heterocycles. The Labute approximate surface area is 166 Å². The number of nitrogens with zero attached hydrogens (tertiary/aromatic N) is 2. The van der Waals surface area contributed by atoms with Crippen LogP contribution in [0.1, 0.15) is 35.8 Å². The highest BCUT2D eigenvalue weighted by molar-refractivity contribution is 6.42. The monoisotopic (exact) mass is 408 g/mol. The third-order valence-corrected chi connectivity index (χ3v) is 4.78. The molecule has 0 aliphatic carbocycles. The van der Waals surface area contributed by atoms with Gasteiger partial charge in [0.05, 0.1) is 32.0 Å². The Kier molecular flexibility index (Phi) is 5.56. The summed E-state index contributed by atoms with van der Waals surface area (Å²) < 4.78 is 7.09. The molecule has 0 unspecified atom stereocenters. The summed E-state index contributed by atoms with van der Waals surface area (Å²) >= 11 is 18.2. The van der Waals surface area contributed by atoms with Gasteiger partial charge in [0.2, 0.25) is 5.88 Å². The second kappa shape index (κ2) is 7.70. The predicted octanol–water partition coefficient (Wildman–Crippen LogP) is 6.18. The van der Waals surface area contributed by atoms with Crippen LogP contribution in [0.25, 0.3) is 5.69 Å². The molecule has 0 spiro atoms. The van der Waals surface area contributed by atoms with Gasteiger partial charge < -0.3 is 4.74 Å². The highest BCUT2D eigenvalue weighted by atomic mass is 35.5. The minimum absolute atomic E-state index is 0.154. The zero-order valence-corrected chi connectivity index (χ0v) is 16.3. The maximum absolute atomic E-state index is 12.5. The fraction of sp³-hybridized carbons (Fsp3) is 0.158. The van der Waals surface area contributed by atoms with Crippen molar-refractivity contribution in [1.29, 1.82) is 0 Å². The van der Waals surface area contributed by atoms with Gasteiger partial charge in [-0.15, -0.1) is 0 Å². The van der Waals surface area contributed by atoms with Crippen LogP contribution < -0.4 is 4.74 Å². The number of benzene rings is 2.